The van der Waals surface area contributed by atoms with E-state index in [0.29, 0.717) is 16.9 Å². The number of ether oxygens (including phenoxy) is 1. The van der Waals surface area contributed by atoms with Gasteiger partial charge in [0.15, 0.2) is 0 Å². The van der Waals surface area contributed by atoms with E-state index >= 15 is 0 Å². The van der Waals surface area contributed by atoms with Crippen molar-refractivity contribution in [1.29, 1.82) is 0 Å². The molecule has 1 rings (SSSR count). The van der Waals surface area contributed by atoms with Crippen molar-refractivity contribution in [2.45, 2.75) is 18.9 Å². The summed E-state index contributed by atoms with van der Waals surface area (Å²) in [4.78, 5) is 10.4. The summed E-state index contributed by atoms with van der Waals surface area (Å²) in [5.74, 6) is -0.253. The predicted molar refractivity (Wildman–Crippen MR) is 64.0 cm³/mol. The third-order valence-electron chi connectivity index (χ3n) is 2.46. The van der Waals surface area contributed by atoms with Crippen molar-refractivity contribution in [3.05, 3.63) is 42.0 Å². The molecule has 0 aliphatic carbocycles. The molecule has 0 aliphatic rings. The van der Waals surface area contributed by atoms with Gasteiger partial charge in [0.05, 0.1) is 13.2 Å². The molecule has 0 radical (unpaired) electrons. The van der Waals surface area contributed by atoms with Gasteiger partial charge < -0.3 is 14.9 Å². The Hall–Kier alpha value is -1.81. The number of carboxylic acids is 1. The molecule has 0 heterocycles. The molecule has 0 aromatic heterocycles. The average molecular weight is 236 g/mol. The van der Waals surface area contributed by atoms with Gasteiger partial charge in [-0.25, -0.2) is 0 Å². The molecule has 1 aromatic rings. The van der Waals surface area contributed by atoms with Crippen LogP contribution in [-0.4, -0.2) is 23.3 Å². The van der Waals surface area contributed by atoms with Gasteiger partial charge in [0, 0.05) is 6.42 Å². The first-order chi connectivity index (χ1) is 8.04. The van der Waals surface area contributed by atoms with E-state index < -0.39 is 12.1 Å². The minimum Gasteiger partial charge on any atom is -0.497 e. The monoisotopic (exact) mass is 236 g/mol. The Morgan fingerprint density at radius 3 is 2.76 bits per heavy atom. The van der Waals surface area contributed by atoms with Crippen LogP contribution in [-0.2, 0) is 4.79 Å². The number of aliphatic carboxylic acids is 1. The number of benzene rings is 1. The second-order valence-electron chi connectivity index (χ2n) is 3.73. The molecule has 0 spiro atoms. The van der Waals surface area contributed by atoms with E-state index in [1.165, 1.54) is 0 Å². The summed E-state index contributed by atoms with van der Waals surface area (Å²) in [5.41, 5.74) is 1.14. The molecule has 92 valence electrons. The zero-order valence-electron chi connectivity index (χ0n) is 9.72. The van der Waals surface area contributed by atoms with E-state index in [1.807, 2.05) is 0 Å². The number of carboxylic acid groups (broad SMARTS) is 1. The summed E-state index contributed by atoms with van der Waals surface area (Å²) in [6, 6.07) is 6.99. The highest BCUT2D eigenvalue weighted by Gasteiger charge is 2.13. The summed E-state index contributed by atoms with van der Waals surface area (Å²) in [6.07, 6.45) is -0.627. The molecule has 4 nitrogen and oxygen atoms in total. The van der Waals surface area contributed by atoms with E-state index in [2.05, 4.69) is 6.58 Å². The van der Waals surface area contributed by atoms with Gasteiger partial charge in [0.2, 0.25) is 0 Å². The Labute approximate surface area is 100 Å². The molecule has 0 aliphatic heterocycles. The zero-order chi connectivity index (χ0) is 12.8. The maximum atomic E-state index is 10.4. The summed E-state index contributed by atoms with van der Waals surface area (Å²) < 4.78 is 5.05. The number of rotatable bonds is 6. The summed E-state index contributed by atoms with van der Waals surface area (Å²) >= 11 is 0. The lowest BCUT2D eigenvalue weighted by atomic mass is 9.99. The Bertz CT molecular complexity index is 412. The normalized spacial score (nSPS) is 11.9. The fourth-order valence-electron chi connectivity index (χ4n) is 1.45. The SMILES string of the molecule is C=C(CCC(=O)O)C(O)c1cccc(OC)c1. The highest BCUT2D eigenvalue weighted by atomic mass is 16.5. The lowest BCUT2D eigenvalue weighted by Gasteiger charge is -2.14. The van der Waals surface area contributed by atoms with Crippen molar-refractivity contribution < 1.29 is 19.7 Å². The second kappa shape index (κ2) is 6.06. The van der Waals surface area contributed by atoms with Crippen LogP contribution in [0.15, 0.2) is 36.4 Å². The van der Waals surface area contributed by atoms with Gasteiger partial charge in [-0.3, -0.25) is 4.79 Å². The lowest BCUT2D eigenvalue weighted by molar-refractivity contribution is -0.137. The Kier molecular flexibility index (Phi) is 4.72. The van der Waals surface area contributed by atoms with Crippen LogP contribution in [0.3, 0.4) is 0 Å². The van der Waals surface area contributed by atoms with E-state index in [9.17, 15) is 9.90 Å². The summed E-state index contributed by atoms with van der Waals surface area (Å²) in [7, 11) is 1.55. The first-order valence-corrected chi connectivity index (χ1v) is 5.26. The number of hydrogen-bond acceptors (Lipinski definition) is 3. The summed E-state index contributed by atoms with van der Waals surface area (Å²) in [6.45, 7) is 3.70. The highest BCUT2D eigenvalue weighted by Crippen LogP contribution is 2.26. The topological polar surface area (TPSA) is 66.8 Å². The molecule has 17 heavy (non-hydrogen) atoms. The van der Waals surface area contributed by atoms with Crippen molar-refractivity contribution in [3.63, 3.8) is 0 Å². The van der Waals surface area contributed by atoms with Crippen LogP contribution in [0.2, 0.25) is 0 Å². The standard InChI is InChI=1S/C13H16O4/c1-9(6-7-12(14)15)13(16)10-4-3-5-11(8-10)17-2/h3-5,8,13,16H,1,6-7H2,2H3,(H,14,15). The molecule has 0 bridgehead atoms. The number of aliphatic hydroxyl groups excluding tert-OH is 1. The van der Waals surface area contributed by atoms with Crippen molar-refractivity contribution in [3.8, 4) is 5.75 Å². The quantitative estimate of drug-likeness (QED) is 0.743. The van der Waals surface area contributed by atoms with Gasteiger partial charge in [-0.15, -0.1) is 0 Å². The maximum Gasteiger partial charge on any atom is 0.303 e. The van der Waals surface area contributed by atoms with E-state index in [1.54, 1.807) is 31.4 Å². The molecule has 1 unspecified atom stereocenters. The van der Waals surface area contributed by atoms with Crippen LogP contribution in [0.4, 0.5) is 0 Å². The van der Waals surface area contributed by atoms with Gasteiger partial charge in [0.25, 0.3) is 0 Å². The van der Waals surface area contributed by atoms with Crippen LogP contribution in [0.25, 0.3) is 0 Å². The molecule has 0 fully saturated rings. The van der Waals surface area contributed by atoms with Gasteiger partial charge in [-0.05, 0) is 29.7 Å². The number of aliphatic hydroxyl groups is 1. The van der Waals surface area contributed by atoms with Crippen molar-refractivity contribution >= 4 is 5.97 Å². The molecule has 1 aromatic carbocycles. The third kappa shape index (κ3) is 3.92. The minimum absolute atomic E-state index is 0.0279. The van der Waals surface area contributed by atoms with Gasteiger partial charge in [0.1, 0.15) is 5.75 Å². The molecule has 0 amide bonds. The molecular formula is C13H16O4. The first-order valence-electron chi connectivity index (χ1n) is 5.26. The maximum absolute atomic E-state index is 10.4. The van der Waals surface area contributed by atoms with Crippen LogP contribution < -0.4 is 4.74 Å². The van der Waals surface area contributed by atoms with Gasteiger partial charge in [-0.1, -0.05) is 18.7 Å². The van der Waals surface area contributed by atoms with Crippen LogP contribution in [0.1, 0.15) is 24.5 Å². The molecule has 0 saturated heterocycles. The Morgan fingerprint density at radius 2 is 2.18 bits per heavy atom. The van der Waals surface area contributed by atoms with Crippen molar-refractivity contribution in [1.82, 2.24) is 0 Å². The van der Waals surface area contributed by atoms with E-state index in [-0.39, 0.29) is 12.8 Å². The molecular weight excluding hydrogens is 220 g/mol. The fourth-order valence-corrected chi connectivity index (χ4v) is 1.45. The largest absolute Gasteiger partial charge is 0.497 e. The number of carbonyl (C=O) groups is 1. The number of hydrogen-bond donors (Lipinski definition) is 2. The average Bonchev–Trinajstić information content (AvgIpc) is 2.35. The highest BCUT2D eigenvalue weighted by molar-refractivity contribution is 5.67. The van der Waals surface area contributed by atoms with E-state index in [4.69, 9.17) is 9.84 Å². The van der Waals surface area contributed by atoms with Gasteiger partial charge >= 0.3 is 5.97 Å². The summed E-state index contributed by atoms with van der Waals surface area (Å²) in [5, 5.41) is 18.5. The van der Waals surface area contributed by atoms with Gasteiger partial charge in [-0.2, -0.15) is 0 Å². The molecule has 1 atom stereocenters. The van der Waals surface area contributed by atoms with Crippen molar-refractivity contribution in [2.75, 3.05) is 7.11 Å². The zero-order valence-corrected chi connectivity index (χ0v) is 9.72. The second-order valence-corrected chi connectivity index (χ2v) is 3.73. The third-order valence-corrected chi connectivity index (χ3v) is 2.46. The van der Waals surface area contributed by atoms with Crippen molar-refractivity contribution in [2.24, 2.45) is 0 Å². The van der Waals surface area contributed by atoms with E-state index in [0.717, 1.165) is 0 Å². The Balaban J connectivity index is 2.70. The molecule has 0 saturated carbocycles. The fraction of sp³-hybridized carbons (Fsp3) is 0.308. The lowest BCUT2D eigenvalue weighted by Crippen LogP contribution is -2.03. The minimum atomic E-state index is -0.899. The number of methoxy groups -OCH3 is 1. The Morgan fingerprint density at radius 1 is 1.47 bits per heavy atom. The predicted octanol–water partition coefficient (Wildman–Crippen LogP) is 2.15. The van der Waals surface area contributed by atoms with Crippen LogP contribution >= 0.6 is 0 Å². The smallest absolute Gasteiger partial charge is 0.303 e. The first kappa shape index (κ1) is 13.3. The molecule has 4 heteroatoms. The van der Waals surface area contributed by atoms with Crippen LogP contribution in [0, 0.1) is 0 Å². The van der Waals surface area contributed by atoms with Crippen LogP contribution in [0.5, 0.6) is 5.75 Å². The molecule has 2 N–H and O–H groups in total.